The summed E-state index contributed by atoms with van der Waals surface area (Å²) in [7, 11) is 0. The number of allylic oxidation sites excluding steroid dienone is 1. The van der Waals surface area contributed by atoms with Gasteiger partial charge < -0.3 is 5.11 Å². The van der Waals surface area contributed by atoms with Crippen molar-refractivity contribution in [2.24, 2.45) is 0 Å². The van der Waals surface area contributed by atoms with Gasteiger partial charge in [0.1, 0.15) is 0 Å². The molecule has 0 bridgehead atoms. The highest BCUT2D eigenvalue weighted by Crippen LogP contribution is 2.31. The molecule has 0 aliphatic carbocycles. The van der Waals surface area contributed by atoms with Gasteiger partial charge in [-0.05, 0) is 12.5 Å². The van der Waals surface area contributed by atoms with Gasteiger partial charge in [-0.1, -0.05) is 0 Å². The molecule has 3 heteroatoms. The summed E-state index contributed by atoms with van der Waals surface area (Å²) in [5.41, 5.74) is 0. The molecular weight excluding hydrogens is 152 g/mol. The number of thioether (sulfide) groups is 2. The second-order valence-electron chi connectivity index (χ2n) is 1.90. The molecule has 1 fully saturated rings. The van der Waals surface area contributed by atoms with Crippen molar-refractivity contribution in [3.05, 3.63) is 12.3 Å². The van der Waals surface area contributed by atoms with Gasteiger partial charge in [0.05, 0.1) is 6.26 Å². The first-order chi connectivity index (χ1) is 4.43. The van der Waals surface area contributed by atoms with Crippen LogP contribution in [0.5, 0.6) is 0 Å². The molecule has 0 aromatic heterocycles. The van der Waals surface area contributed by atoms with E-state index < -0.39 is 0 Å². The van der Waals surface area contributed by atoms with Gasteiger partial charge in [-0.25, -0.2) is 0 Å². The van der Waals surface area contributed by atoms with Gasteiger partial charge in [-0.15, -0.1) is 23.5 Å². The van der Waals surface area contributed by atoms with E-state index in [0.29, 0.717) is 0 Å². The second-order valence-corrected chi connectivity index (χ2v) is 4.58. The van der Waals surface area contributed by atoms with Crippen molar-refractivity contribution in [1.82, 2.24) is 0 Å². The van der Waals surface area contributed by atoms with E-state index in [4.69, 9.17) is 5.11 Å². The van der Waals surface area contributed by atoms with Gasteiger partial charge in [-0.3, -0.25) is 0 Å². The lowest BCUT2D eigenvalue weighted by molar-refractivity contribution is 0.470. The van der Waals surface area contributed by atoms with Crippen LogP contribution in [0.25, 0.3) is 0 Å². The fourth-order valence-corrected chi connectivity index (χ4v) is 3.58. The normalized spacial score (nSPS) is 27.8. The molecule has 0 aromatic carbocycles. The van der Waals surface area contributed by atoms with Gasteiger partial charge in [0.2, 0.25) is 0 Å². The summed E-state index contributed by atoms with van der Waals surface area (Å²) in [5, 5.41) is 10.3. The first kappa shape index (κ1) is 7.35. The molecular formula is C6H10OS2. The first-order valence-electron chi connectivity index (χ1n) is 2.92. The Morgan fingerprint density at radius 2 is 2.56 bits per heavy atom. The number of rotatable bonds is 2. The Labute approximate surface area is 63.9 Å². The van der Waals surface area contributed by atoms with Crippen molar-refractivity contribution in [2.75, 3.05) is 10.8 Å². The molecule has 0 spiro atoms. The second kappa shape index (κ2) is 4.12. The van der Waals surface area contributed by atoms with Crippen LogP contribution in [-0.4, -0.2) is 21.2 Å². The molecule has 0 saturated carbocycles. The van der Waals surface area contributed by atoms with Crippen molar-refractivity contribution in [3.63, 3.8) is 0 Å². The van der Waals surface area contributed by atoms with Crippen molar-refractivity contribution >= 4 is 23.5 Å². The Bertz CT molecular complexity index is 97.2. The van der Waals surface area contributed by atoms with Crippen LogP contribution in [0, 0.1) is 0 Å². The number of aliphatic hydroxyl groups is 1. The quantitative estimate of drug-likeness (QED) is 0.629. The zero-order chi connectivity index (χ0) is 6.53. The highest BCUT2D eigenvalue weighted by atomic mass is 32.2. The summed E-state index contributed by atoms with van der Waals surface area (Å²) in [6.45, 7) is 0. The minimum Gasteiger partial charge on any atom is -0.516 e. The Balaban J connectivity index is 2.11. The molecule has 1 heterocycles. The van der Waals surface area contributed by atoms with Crippen molar-refractivity contribution in [2.45, 2.75) is 11.7 Å². The average Bonchev–Trinajstić information content (AvgIpc) is 2.34. The summed E-state index contributed by atoms with van der Waals surface area (Å²) in [6, 6.07) is 0. The van der Waals surface area contributed by atoms with Crippen LogP contribution in [-0.2, 0) is 0 Å². The summed E-state index contributed by atoms with van der Waals surface area (Å²) in [4.78, 5) is 0. The Kier molecular flexibility index (Phi) is 3.36. The van der Waals surface area contributed by atoms with E-state index in [1.807, 2.05) is 29.6 Å². The molecule has 0 radical (unpaired) electrons. The molecule has 52 valence electrons. The first-order valence-corrected chi connectivity index (χ1v) is 5.12. The third-order valence-corrected chi connectivity index (χ3v) is 4.09. The molecule has 1 rings (SSSR count). The minimum absolute atomic E-state index is 0.749. The zero-order valence-electron chi connectivity index (χ0n) is 5.12. The van der Waals surface area contributed by atoms with Crippen LogP contribution in [0.2, 0.25) is 0 Å². The maximum absolute atomic E-state index is 8.33. The smallest absolute Gasteiger partial charge is 0.0752 e. The molecule has 1 aliphatic rings. The maximum Gasteiger partial charge on any atom is 0.0752 e. The van der Waals surface area contributed by atoms with Crippen LogP contribution in [0.15, 0.2) is 12.3 Å². The van der Waals surface area contributed by atoms with E-state index in [-0.39, 0.29) is 0 Å². The maximum atomic E-state index is 8.33. The molecule has 1 unspecified atom stereocenters. The molecule has 1 saturated heterocycles. The van der Waals surface area contributed by atoms with Crippen molar-refractivity contribution < 1.29 is 5.11 Å². The highest BCUT2D eigenvalue weighted by Gasteiger charge is 2.13. The molecule has 1 aliphatic heterocycles. The molecule has 0 aromatic rings. The van der Waals surface area contributed by atoms with E-state index in [1.54, 1.807) is 0 Å². The van der Waals surface area contributed by atoms with Crippen molar-refractivity contribution in [1.29, 1.82) is 0 Å². The minimum atomic E-state index is 0.749. The third-order valence-electron chi connectivity index (χ3n) is 1.20. The lowest BCUT2D eigenvalue weighted by Crippen LogP contribution is -1.97. The van der Waals surface area contributed by atoms with Crippen LogP contribution in [0.4, 0.5) is 0 Å². The van der Waals surface area contributed by atoms with Crippen LogP contribution in [0.1, 0.15) is 6.42 Å². The van der Waals surface area contributed by atoms with E-state index in [0.717, 1.165) is 17.9 Å². The standard InChI is InChI=1S/C6H10OS2/c7-3-1-2-6-4-8-5-9-6/h1,3,6-7H,2,4-5H2. The number of aliphatic hydroxyl groups excluding tert-OH is 1. The SMILES string of the molecule is OC=CCC1CSCS1. The average molecular weight is 162 g/mol. The monoisotopic (exact) mass is 162 g/mol. The van der Waals surface area contributed by atoms with Crippen LogP contribution in [0.3, 0.4) is 0 Å². The largest absolute Gasteiger partial charge is 0.516 e. The molecule has 1 atom stereocenters. The topological polar surface area (TPSA) is 20.2 Å². The number of hydrogen-bond acceptors (Lipinski definition) is 3. The third kappa shape index (κ3) is 2.54. The van der Waals surface area contributed by atoms with Crippen LogP contribution >= 0.6 is 23.5 Å². The van der Waals surface area contributed by atoms with Gasteiger partial charge in [-0.2, -0.15) is 0 Å². The summed E-state index contributed by atoms with van der Waals surface area (Å²) >= 11 is 3.96. The predicted molar refractivity (Wildman–Crippen MR) is 45.1 cm³/mol. The van der Waals surface area contributed by atoms with Crippen LogP contribution < -0.4 is 0 Å². The lowest BCUT2D eigenvalue weighted by atomic mass is 10.3. The highest BCUT2D eigenvalue weighted by molar-refractivity contribution is 8.19. The molecule has 1 nitrogen and oxygen atoms in total. The van der Waals surface area contributed by atoms with Gasteiger partial charge in [0, 0.05) is 16.1 Å². The summed E-state index contributed by atoms with van der Waals surface area (Å²) in [5.74, 6) is 1.25. The van der Waals surface area contributed by atoms with E-state index in [1.165, 1.54) is 10.8 Å². The fourth-order valence-electron chi connectivity index (χ4n) is 0.721. The molecule has 9 heavy (non-hydrogen) atoms. The van der Waals surface area contributed by atoms with Gasteiger partial charge >= 0.3 is 0 Å². The number of hydrogen-bond donors (Lipinski definition) is 1. The van der Waals surface area contributed by atoms with E-state index in [2.05, 4.69) is 0 Å². The summed E-state index contributed by atoms with van der Waals surface area (Å²) in [6.07, 6.45) is 3.99. The molecule has 1 N–H and O–H groups in total. The van der Waals surface area contributed by atoms with E-state index in [9.17, 15) is 0 Å². The lowest BCUT2D eigenvalue weighted by Gasteiger charge is -1.99. The predicted octanol–water partition coefficient (Wildman–Crippen LogP) is 2.25. The fraction of sp³-hybridized carbons (Fsp3) is 0.667. The Morgan fingerprint density at radius 3 is 3.11 bits per heavy atom. The molecule has 0 amide bonds. The zero-order valence-corrected chi connectivity index (χ0v) is 6.75. The Morgan fingerprint density at radius 1 is 1.67 bits per heavy atom. The van der Waals surface area contributed by atoms with Gasteiger partial charge in [0.25, 0.3) is 0 Å². The van der Waals surface area contributed by atoms with E-state index >= 15 is 0 Å². The summed E-state index contributed by atoms with van der Waals surface area (Å²) < 4.78 is 0. The van der Waals surface area contributed by atoms with Crippen molar-refractivity contribution in [3.8, 4) is 0 Å². The Hall–Kier alpha value is 0.240. The van der Waals surface area contributed by atoms with Gasteiger partial charge in [0.15, 0.2) is 0 Å².